The van der Waals surface area contributed by atoms with E-state index in [1.807, 2.05) is 26.8 Å². The van der Waals surface area contributed by atoms with Crippen molar-refractivity contribution < 1.29 is 19.1 Å². The Labute approximate surface area is 174 Å². The Morgan fingerprint density at radius 2 is 1.90 bits per heavy atom. The van der Waals surface area contributed by atoms with Crippen molar-refractivity contribution in [2.75, 3.05) is 6.61 Å². The zero-order valence-corrected chi connectivity index (χ0v) is 18.0. The van der Waals surface area contributed by atoms with Crippen LogP contribution in [0.5, 0.6) is 0 Å². The minimum Gasteiger partial charge on any atom is -0.462 e. The third kappa shape index (κ3) is 6.64. The zero-order chi connectivity index (χ0) is 21.4. The standard InChI is InChI=1S/C25H30O4/c1-6-28-23(26)20-16-14-19(15-17-20)11-7-8-12-21-18(2)10-9-13-22(21)29-24(27)25(3,4)5/h8,12,14-17,22H,6,9-10,13H2,1-5H3/b12-8+. The van der Waals surface area contributed by atoms with Crippen molar-refractivity contribution in [3.8, 4) is 11.8 Å². The van der Waals surface area contributed by atoms with E-state index in [1.165, 1.54) is 5.57 Å². The summed E-state index contributed by atoms with van der Waals surface area (Å²) >= 11 is 0. The third-order valence-corrected chi connectivity index (χ3v) is 4.68. The summed E-state index contributed by atoms with van der Waals surface area (Å²) in [4.78, 5) is 24.0. The van der Waals surface area contributed by atoms with Crippen LogP contribution in [0.3, 0.4) is 0 Å². The van der Waals surface area contributed by atoms with Gasteiger partial charge in [0.1, 0.15) is 6.10 Å². The summed E-state index contributed by atoms with van der Waals surface area (Å²) < 4.78 is 10.7. The largest absolute Gasteiger partial charge is 0.462 e. The first-order valence-corrected chi connectivity index (χ1v) is 10.1. The summed E-state index contributed by atoms with van der Waals surface area (Å²) in [5.41, 5.74) is 3.09. The van der Waals surface area contributed by atoms with Crippen LogP contribution < -0.4 is 0 Å². The quantitative estimate of drug-likeness (QED) is 0.518. The second-order valence-corrected chi connectivity index (χ2v) is 8.17. The SMILES string of the molecule is CCOC(=O)c1ccc(C#C/C=C/C2=C(C)CCCC2OC(=O)C(C)(C)C)cc1. The first-order valence-electron chi connectivity index (χ1n) is 10.1. The van der Waals surface area contributed by atoms with Crippen LogP contribution in [0.25, 0.3) is 0 Å². The van der Waals surface area contributed by atoms with Crippen LogP contribution in [0.2, 0.25) is 0 Å². The predicted molar refractivity (Wildman–Crippen MR) is 114 cm³/mol. The molecular formula is C25H30O4. The Bertz CT molecular complexity index is 855. The van der Waals surface area contributed by atoms with Crippen LogP contribution >= 0.6 is 0 Å². The second kappa shape index (κ2) is 10.1. The minimum absolute atomic E-state index is 0.184. The lowest BCUT2D eigenvalue weighted by Gasteiger charge is -2.28. The van der Waals surface area contributed by atoms with Crippen molar-refractivity contribution >= 4 is 11.9 Å². The molecule has 1 unspecified atom stereocenters. The Hall–Kier alpha value is -2.80. The van der Waals surface area contributed by atoms with Gasteiger partial charge in [-0.2, -0.15) is 0 Å². The summed E-state index contributed by atoms with van der Waals surface area (Å²) in [5.74, 6) is 5.57. The maximum absolute atomic E-state index is 12.3. The lowest BCUT2D eigenvalue weighted by atomic mass is 9.89. The molecule has 1 aliphatic carbocycles. The molecule has 0 heterocycles. The summed E-state index contributed by atoms with van der Waals surface area (Å²) in [5, 5.41) is 0. The molecule has 0 aromatic heterocycles. The second-order valence-electron chi connectivity index (χ2n) is 8.17. The lowest BCUT2D eigenvalue weighted by molar-refractivity contribution is -0.157. The molecule has 0 radical (unpaired) electrons. The van der Waals surface area contributed by atoms with E-state index in [2.05, 4.69) is 18.8 Å². The molecule has 0 aliphatic heterocycles. The van der Waals surface area contributed by atoms with E-state index < -0.39 is 5.41 Å². The molecule has 0 saturated carbocycles. The van der Waals surface area contributed by atoms with Crippen molar-refractivity contribution in [2.24, 2.45) is 5.41 Å². The Morgan fingerprint density at radius 1 is 1.21 bits per heavy atom. The molecule has 0 saturated heterocycles. The topological polar surface area (TPSA) is 52.6 Å². The number of carbonyl (C=O) groups excluding carboxylic acids is 2. The summed E-state index contributed by atoms with van der Waals surface area (Å²) in [6, 6.07) is 7.02. The van der Waals surface area contributed by atoms with Gasteiger partial charge in [0.05, 0.1) is 17.6 Å². The average Bonchev–Trinajstić information content (AvgIpc) is 2.66. The van der Waals surface area contributed by atoms with E-state index in [0.29, 0.717) is 12.2 Å². The fourth-order valence-corrected chi connectivity index (χ4v) is 2.97. The Balaban J connectivity index is 2.08. The number of rotatable bonds is 4. The lowest BCUT2D eigenvalue weighted by Crippen LogP contribution is -2.30. The molecule has 154 valence electrons. The molecular weight excluding hydrogens is 364 g/mol. The number of ether oxygens (including phenoxy) is 2. The van der Waals surface area contributed by atoms with E-state index in [4.69, 9.17) is 9.47 Å². The van der Waals surface area contributed by atoms with Crippen LogP contribution in [0, 0.1) is 17.3 Å². The minimum atomic E-state index is -0.518. The van der Waals surface area contributed by atoms with Crippen molar-refractivity contribution in [1.29, 1.82) is 0 Å². The summed E-state index contributed by atoms with van der Waals surface area (Å²) in [6.45, 7) is 9.81. The average molecular weight is 395 g/mol. The molecule has 2 rings (SSSR count). The van der Waals surface area contributed by atoms with E-state index in [1.54, 1.807) is 37.3 Å². The molecule has 0 amide bonds. The van der Waals surface area contributed by atoms with E-state index >= 15 is 0 Å². The first kappa shape index (κ1) is 22.5. The van der Waals surface area contributed by atoms with Crippen LogP contribution in [0.1, 0.15) is 69.8 Å². The first-order chi connectivity index (χ1) is 13.7. The fraction of sp³-hybridized carbons (Fsp3) is 0.440. The normalized spacial score (nSPS) is 16.9. The molecule has 1 aliphatic rings. The highest BCUT2D eigenvalue weighted by molar-refractivity contribution is 5.89. The smallest absolute Gasteiger partial charge is 0.338 e. The number of hydrogen-bond donors (Lipinski definition) is 0. The van der Waals surface area contributed by atoms with E-state index in [0.717, 1.165) is 30.4 Å². The van der Waals surface area contributed by atoms with Gasteiger partial charge in [0.15, 0.2) is 0 Å². The van der Waals surface area contributed by atoms with Gasteiger partial charge in [-0.15, -0.1) is 0 Å². The van der Waals surface area contributed by atoms with Gasteiger partial charge < -0.3 is 9.47 Å². The summed E-state index contributed by atoms with van der Waals surface area (Å²) in [7, 11) is 0. The highest BCUT2D eigenvalue weighted by atomic mass is 16.5. The molecule has 0 N–H and O–H groups in total. The van der Waals surface area contributed by atoms with Crippen molar-refractivity contribution in [3.63, 3.8) is 0 Å². The van der Waals surface area contributed by atoms with E-state index in [-0.39, 0.29) is 18.0 Å². The zero-order valence-electron chi connectivity index (χ0n) is 18.0. The van der Waals surface area contributed by atoms with Gasteiger partial charge in [-0.1, -0.05) is 17.4 Å². The maximum atomic E-state index is 12.3. The highest BCUT2D eigenvalue weighted by Gasteiger charge is 2.29. The number of esters is 2. The van der Waals surface area contributed by atoms with Gasteiger partial charge >= 0.3 is 11.9 Å². The molecule has 0 bridgehead atoms. The van der Waals surface area contributed by atoms with Gasteiger partial charge in [-0.25, -0.2) is 4.79 Å². The van der Waals surface area contributed by atoms with Crippen LogP contribution in [-0.4, -0.2) is 24.6 Å². The molecule has 29 heavy (non-hydrogen) atoms. The number of carbonyl (C=O) groups is 2. The monoisotopic (exact) mass is 394 g/mol. The van der Waals surface area contributed by atoms with Gasteiger partial charge in [0, 0.05) is 5.56 Å². The number of benzene rings is 1. The predicted octanol–water partition coefficient (Wildman–Crippen LogP) is 5.23. The van der Waals surface area contributed by atoms with Gasteiger partial charge in [-0.05, 0) is 95.9 Å². The Morgan fingerprint density at radius 3 is 2.52 bits per heavy atom. The molecule has 1 aromatic carbocycles. The molecule has 4 heteroatoms. The van der Waals surface area contributed by atoms with Crippen LogP contribution in [-0.2, 0) is 14.3 Å². The van der Waals surface area contributed by atoms with E-state index in [9.17, 15) is 9.59 Å². The van der Waals surface area contributed by atoms with Gasteiger partial charge in [-0.3, -0.25) is 4.79 Å². The number of allylic oxidation sites excluding steroid dienone is 2. The van der Waals surface area contributed by atoms with Crippen molar-refractivity contribution in [1.82, 2.24) is 0 Å². The molecule has 4 nitrogen and oxygen atoms in total. The molecule has 0 fully saturated rings. The highest BCUT2D eigenvalue weighted by Crippen LogP contribution is 2.30. The van der Waals surface area contributed by atoms with Gasteiger partial charge in [0.25, 0.3) is 0 Å². The molecule has 1 aromatic rings. The van der Waals surface area contributed by atoms with Crippen molar-refractivity contribution in [3.05, 3.63) is 58.7 Å². The summed E-state index contributed by atoms with van der Waals surface area (Å²) in [6.07, 6.45) is 6.39. The third-order valence-electron chi connectivity index (χ3n) is 4.68. The Kier molecular flexibility index (Phi) is 7.84. The number of hydrogen-bond acceptors (Lipinski definition) is 4. The van der Waals surface area contributed by atoms with Gasteiger partial charge in [0.2, 0.25) is 0 Å². The van der Waals surface area contributed by atoms with Crippen LogP contribution in [0.15, 0.2) is 47.6 Å². The molecule has 0 spiro atoms. The molecule has 1 atom stereocenters. The van der Waals surface area contributed by atoms with Crippen molar-refractivity contribution in [2.45, 2.75) is 60.0 Å². The maximum Gasteiger partial charge on any atom is 0.338 e. The van der Waals surface area contributed by atoms with Crippen LogP contribution in [0.4, 0.5) is 0 Å². The fourth-order valence-electron chi connectivity index (χ4n) is 2.97.